The summed E-state index contributed by atoms with van der Waals surface area (Å²) in [6, 6.07) is 0. The Balaban J connectivity index is 4.43. The quantitative estimate of drug-likeness (QED) is 0.170. The van der Waals surface area contributed by atoms with E-state index in [9.17, 15) is 40.7 Å². The van der Waals surface area contributed by atoms with E-state index in [-0.39, 0.29) is 30.5 Å². The zero-order chi connectivity index (χ0) is 25.3. The summed E-state index contributed by atoms with van der Waals surface area (Å²) in [5.74, 6) is -3.75. The molecule has 0 aromatic carbocycles. The Morgan fingerprint density at radius 3 is 1.72 bits per heavy atom. The van der Waals surface area contributed by atoms with E-state index in [1.54, 1.807) is 0 Å². The van der Waals surface area contributed by atoms with Gasteiger partial charge in [0, 0.05) is 0 Å². The van der Waals surface area contributed by atoms with Gasteiger partial charge in [-0.05, 0) is 17.8 Å². The zero-order valence-corrected chi connectivity index (χ0v) is 18.7. The molecular formula is C20H30F6O6. The summed E-state index contributed by atoms with van der Waals surface area (Å²) in [6.45, 7) is 9.13. The molecule has 0 radical (unpaired) electrons. The van der Waals surface area contributed by atoms with E-state index in [4.69, 9.17) is 4.74 Å². The van der Waals surface area contributed by atoms with Crippen molar-refractivity contribution in [1.29, 1.82) is 0 Å². The van der Waals surface area contributed by atoms with Gasteiger partial charge in [-0.2, -0.15) is 26.3 Å². The molecule has 0 spiro atoms. The predicted octanol–water partition coefficient (Wildman–Crippen LogP) is 4.99. The minimum atomic E-state index is -5.83. The first kappa shape index (κ1) is 30.0. The first-order chi connectivity index (χ1) is 14.4. The predicted molar refractivity (Wildman–Crippen MR) is 100 cm³/mol. The topological polar surface area (TPSA) is 78.9 Å². The van der Waals surface area contributed by atoms with Crippen LogP contribution >= 0.6 is 0 Å². The van der Waals surface area contributed by atoms with Crippen molar-refractivity contribution in [2.75, 3.05) is 13.2 Å². The van der Waals surface area contributed by atoms with E-state index in [0.29, 0.717) is 6.42 Å². The van der Waals surface area contributed by atoms with Gasteiger partial charge in [0.2, 0.25) is 0 Å². The number of alkyl halides is 6. The van der Waals surface area contributed by atoms with Gasteiger partial charge in [0.15, 0.2) is 0 Å². The van der Waals surface area contributed by atoms with Gasteiger partial charge in [0.05, 0.1) is 18.8 Å². The fourth-order valence-electron chi connectivity index (χ4n) is 2.52. The van der Waals surface area contributed by atoms with Crippen LogP contribution in [0.15, 0.2) is 0 Å². The Morgan fingerprint density at radius 1 is 0.812 bits per heavy atom. The first-order valence-electron chi connectivity index (χ1n) is 10.1. The highest BCUT2D eigenvalue weighted by Gasteiger charge is 2.59. The molecule has 1 atom stereocenters. The van der Waals surface area contributed by atoms with Crippen molar-refractivity contribution in [3.63, 3.8) is 0 Å². The molecule has 0 aromatic rings. The molecule has 0 saturated carbocycles. The van der Waals surface area contributed by atoms with Crippen LogP contribution in [0.2, 0.25) is 0 Å². The molecule has 0 rings (SSSR count). The molecular weight excluding hydrogens is 450 g/mol. The lowest BCUT2D eigenvalue weighted by Gasteiger charge is -2.29. The van der Waals surface area contributed by atoms with Gasteiger partial charge in [0.25, 0.3) is 6.10 Å². The second-order valence-corrected chi connectivity index (χ2v) is 8.41. The Bertz CT molecular complexity index is 613. The van der Waals surface area contributed by atoms with Crippen molar-refractivity contribution in [3.05, 3.63) is 0 Å². The lowest BCUT2D eigenvalue weighted by atomic mass is 9.77. The second kappa shape index (κ2) is 12.3. The molecule has 0 N–H and O–H groups in total. The van der Waals surface area contributed by atoms with Gasteiger partial charge in [-0.3, -0.25) is 14.4 Å². The molecule has 6 nitrogen and oxygen atoms in total. The van der Waals surface area contributed by atoms with Crippen molar-refractivity contribution in [2.24, 2.45) is 17.3 Å². The third-order valence-electron chi connectivity index (χ3n) is 4.80. The van der Waals surface area contributed by atoms with E-state index < -0.39 is 49.2 Å². The Kier molecular flexibility index (Phi) is 11.5. The highest BCUT2D eigenvalue weighted by atomic mass is 19.4. The minimum absolute atomic E-state index is 0.0131. The Hall–Kier alpha value is -2.01. The smallest absolute Gasteiger partial charge is 0.434 e. The highest BCUT2D eigenvalue weighted by molar-refractivity contribution is 5.77. The summed E-state index contributed by atoms with van der Waals surface area (Å²) in [4.78, 5) is 35.1. The fraction of sp³-hybridized carbons (Fsp3) is 0.850. The maximum atomic E-state index is 12.3. The standard InChI is InChI=1S/C20H30F6O6/c1-6-18(4,5)11-13(12(2)3)16(29)31-10-9-30-14(27)7-8-15(28)32-17(19(21,22)23)20(24,25)26/h12-13,17H,6-11H2,1-5H3. The Labute approximate surface area is 182 Å². The lowest BCUT2D eigenvalue weighted by Crippen LogP contribution is -2.45. The summed E-state index contributed by atoms with van der Waals surface area (Å²) in [7, 11) is 0. The van der Waals surface area contributed by atoms with Crippen LogP contribution < -0.4 is 0 Å². The van der Waals surface area contributed by atoms with Crippen LogP contribution in [0.1, 0.15) is 60.3 Å². The van der Waals surface area contributed by atoms with E-state index in [1.165, 1.54) is 0 Å². The number of carbonyl (C=O) groups excluding carboxylic acids is 3. The molecule has 0 aliphatic heterocycles. The lowest BCUT2D eigenvalue weighted by molar-refractivity contribution is -0.313. The van der Waals surface area contributed by atoms with Gasteiger partial charge in [-0.1, -0.05) is 41.0 Å². The van der Waals surface area contributed by atoms with E-state index in [0.717, 1.165) is 6.42 Å². The van der Waals surface area contributed by atoms with Crippen LogP contribution in [-0.2, 0) is 28.6 Å². The van der Waals surface area contributed by atoms with Gasteiger partial charge < -0.3 is 14.2 Å². The summed E-state index contributed by atoms with van der Waals surface area (Å²) in [5, 5.41) is 0. The van der Waals surface area contributed by atoms with Crippen molar-refractivity contribution < 1.29 is 54.9 Å². The van der Waals surface area contributed by atoms with Crippen LogP contribution in [-0.4, -0.2) is 49.6 Å². The van der Waals surface area contributed by atoms with Crippen LogP contribution in [0.25, 0.3) is 0 Å². The van der Waals surface area contributed by atoms with E-state index in [1.807, 2.05) is 34.6 Å². The van der Waals surface area contributed by atoms with Gasteiger partial charge in [0.1, 0.15) is 13.2 Å². The number of rotatable bonds is 12. The van der Waals surface area contributed by atoms with Crippen LogP contribution in [0.3, 0.4) is 0 Å². The monoisotopic (exact) mass is 480 g/mol. The number of ether oxygens (including phenoxy) is 3. The van der Waals surface area contributed by atoms with Crippen LogP contribution in [0.4, 0.5) is 26.3 Å². The third kappa shape index (κ3) is 11.6. The average molecular weight is 480 g/mol. The minimum Gasteiger partial charge on any atom is -0.462 e. The van der Waals surface area contributed by atoms with Crippen molar-refractivity contribution in [3.8, 4) is 0 Å². The van der Waals surface area contributed by atoms with Gasteiger partial charge >= 0.3 is 30.3 Å². The maximum Gasteiger partial charge on any atom is 0.434 e. The van der Waals surface area contributed by atoms with Crippen molar-refractivity contribution in [2.45, 2.75) is 78.8 Å². The number of hydrogen-bond donors (Lipinski definition) is 0. The first-order valence-corrected chi connectivity index (χ1v) is 10.1. The highest BCUT2D eigenvalue weighted by Crippen LogP contribution is 2.36. The molecule has 0 heterocycles. The molecule has 0 aromatic heterocycles. The SMILES string of the molecule is CCC(C)(C)CC(C(=O)OCCOC(=O)CCC(=O)OC(C(F)(F)F)C(F)(F)F)C(C)C. The second-order valence-electron chi connectivity index (χ2n) is 8.41. The maximum absolute atomic E-state index is 12.3. The number of esters is 3. The summed E-state index contributed by atoms with van der Waals surface area (Å²) >= 11 is 0. The summed E-state index contributed by atoms with van der Waals surface area (Å²) in [6.07, 6.45) is -16.3. The van der Waals surface area contributed by atoms with E-state index in [2.05, 4.69) is 9.47 Å². The molecule has 0 bridgehead atoms. The fourth-order valence-corrected chi connectivity index (χ4v) is 2.52. The number of hydrogen-bond acceptors (Lipinski definition) is 6. The van der Waals surface area contributed by atoms with Gasteiger partial charge in [-0.15, -0.1) is 0 Å². The molecule has 188 valence electrons. The molecule has 1 unspecified atom stereocenters. The molecule has 0 amide bonds. The third-order valence-corrected chi connectivity index (χ3v) is 4.80. The largest absolute Gasteiger partial charge is 0.462 e. The average Bonchev–Trinajstić information content (AvgIpc) is 2.63. The van der Waals surface area contributed by atoms with Crippen LogP contribution in [0.5, 0.6) is 0 Å². The normalized spacial score (nSPS) is 13.8. The number of carbonyl (C=O) groups is 3. The molecule has 0 fully saturated rings. The van der Waals surface area contributed by atoms with Gasteiger partial charge in [-0.25, -0.2) is 0 Å². The van der Waals surface area contributed by atoms with Crippen LogP contribution in [0, 0.1) is 17.3 Å². The zero-order valence-electron chi connectivity index (χ0n) is 18.7. The molecule has 0 aliphatic rings. The number of halogens is 6. The van der Waals surface area contributed by atoms with E-state index >= 15 is 0 Å². The Morgan fingerprint density at radius 2 is 1.28 bits per heavy atom. The molecule has 12 heteroatoms. The van der Waals surface area contributed by atoms with Crippen molar-refractivity contribution >= 4 is 17.9 Å². The molecule has 32 heavy (non-hydrogen) atoms. The molecule has 0 aliphatic carbocycles. The van der Waals surface area contributed by atoms with Crippen molar-refractivity contribution in [1.82, 2.24) is 0 Å². The molecule has 0 saturated heterocycles. The summed E-state index contributed by atoms with van der Waals surface area (Å²) < 4.78 is 87.2. The summed E-state index contributed by atoms with van der Waals surface area (Å²) in [5.41, 5.74) is -0.0771.